The lowest BCUT2D eigenvalue weighted by molar-refractivity contribution is 0.0768. The molecule has 0 aliphatic carbocycles. The van der Waals surface area contributed by atoms with Crippen LogP contribution in [0.4, 0.5) is 0 Å². The zero-order valence-corrected chi connectivity index (χ0v) is 12.9. The van der Waals surface area contributed by atoms with Gasteiger partial charge in [0, 0.05) is 32.7 Å². The van der Waals surface area contributed by atoms with Crippen molar-refractivity contribution >= 4 is 23.2 Å². The van der Waals surface area contributed by atoms with Gasteiger partial charge in [0.2, 0.25) is 0 Å². The van der Waals surface area contributed by atoms with Crippen molar-refractivity contribution in [3.8, 4) is 5.75 Å². The van der Waals surface area contributed by atoms with Crippen molar-refractivity contribution in [1.82, 2.24) is 10.2 Å². The Kier molecular flexibility index (Phi) is 6.90. The van der Waals surface area contributed by atoms with E-state index in [-0.39, 0.29) is 0 Å². The minimum atomic E-state index is 0.449. The Morgan fingerprint density at radius 2 is 1.75 bits per heavy atom. The summed E-state index contributed by atoms with van der Waals surface area (Å²) in [6.07, 6.45) is 0. The van der Waals surface area contributed by atoms with Crippen LogP contribution < -0.4 is 10.1 Å². The number of nitrogens with zero attached hydrogens (tertiary/aromatic N) is 1. The number of benzene rings is 1. The van der Waals surface area contributed by atoms with Crippen LogP contribution in [-0.4, -0.2) is 57.4 Å². The fourth-order valence-electron chi connectivity index (χ4n) is 2.05. The van der Waals surface area contributed by atoms with Gasteiger partial charge in [0.1, 0.15) is 6.61 Å². The van der Waals surface area contributed by atoms with Crippen LogP contribution >= 0.6 is 23.2 Å². The summed E-state index contributed by atoms with van der Waals surface area (Å²) in [6.45, 7) is 6.99. The lowest BCUT2D eigenvalue weighted by Crippen LogP contribution is -2.44. The first-order valence-electron chi connectivity index (χ1n) is 6.85. The molecular formula is C14H20Cl2N2O2. The van der Waals surface area contributed by atoms with Gasteiger partial charge < -0.3 is 14.8 Å². The summed E-state index contributed by atoms with van der Waals surface area (Å²) in [5, 5.41) is 4.38. The molecule has 0 aromatic heterocycles. The van der Waals surface area contributed by atoms with Crippen molar-refractivity contribution < 1.29 is 9.47 Å². The van der Waals surface area contributed by atoms with Crippen molar-refractivity contribution in [3.05, 3.63) is 28.2 Å². The van der Waals surface area contributed by atoms with Gasteiger partial charge >= 0.3 is 0 Å². The third kappa shape index (κ3) is 5.11. The maximum atomic E-state index is 6.01. The summed E-state index contributed by atoms with van der Waals surface area (Å²) < 4.78 is 11.1. The first-order valence-corrected chi connectivity index (χ1v) is 7.60. The third-order valence-corrected chi connectivity index (χ3v) is 3.75. The highest BCUT2D eigenvalue weighted by molar-refractivity contribution is 6.37. The molecule has 4 nitrogen and oxygen atoms in total. The highest BCUT2D eigenvalue weighted by Crippen LogP contribution is 2.32. The van der Waals surface area contributed by atoms with E-state index in [4.69, 9.17) is 32.7 Å². The van der Waals surface area contributed by atoms with E-state index in [1.807, 2.05) is 0 Å². The summed E-state index contributed by atoms with van der Waals surface area (Å²) in [5.74, 6) is 0.529. The summed E-state index contributed by atoms with van der Waals surface area (Å²) in [6, 6.07) is 5.31. The van der Waals surface area contributed by atoms with E-state index in [0.717, 1.165) is 39.3 Å². The van der Waals surface area contributed by atoms with Gasteiger partial charge in [-0.05, 0) is 12.1 Å². The lowest BCUT2D eigenvalue weighted by atomic mass is 10.3. The number of hydrogen-bond acceptors (Lipinski definition) is 4. The number of rotatable bonds is 7. The van der Waals surface area contributed by atoms with Crippen LogP contribution in [0.1, 0.15) is 0 Å². The standard InChI is InChI=1S/C14H20Cl2N2O2/c15-12-2-1-3-13(16)14(12)20-11-10-19-9-8-18-6-4-17-5-7-18/h1-3,17H,4-11H2. The van der Waals surface area contributed by atoms with E-state index in [0.29, 0.717) is 29.0 Å². The number of halogens is 2. The molecule has 1 aliphatic rings. The summed E-state index contributed by atoms with van der Waals surface area (Å²) >= 11 is 12.0. The number of para-hydroxylation sites is 1. The Balaban J connectivity index is 1.57. The Hall–Kier alpha value is -0.520. The molecule has 0 unspecified atom stereocenters. The number of ether oxygens (including phenoxy) is 2. The van der Waals surface area contributed by atoms with E-state index in [1.54, 1.807) is 18.2 Å². The molecule has 1 aromatic carbocycles. The van der Waals surface area contributed by atoms with Gasteiger partial charge in [-0.3, -0.25) is 4.90 Å². The fourth-order valence-corrected chi connectivity index (χ4v) is 2.56. The minimum Gasteiger partial charge on any atom is -0.488 e. The maximum absolute atomic E-state index is 6.01. The van der Waals surface area contributed by atoms with Crippen molar-refractivity contribution in [2.24, 2.45) is 0 Å². The molecule has 0 saturated carbocycles. The molecule has 0 spiro atoms. The molecule has 0 atom stereocenters. The zero-order valence-electron chi connectivity index (χ0n) is 11.4. The normalized spacial score (nSPS) is 16.3. The molecular weight excluding hydrogens is 299 g/mol. The van der Waals surface area contributed by atoms with E-state index >= 15 is 0 Å². The predicted molar refractivity (Wildman–Crippen MR) is 82.1 cm³/mol. The van der Waals surface area contributed by atoms with Crippen molar-refractivity contribution in [3.63, 3.8) is 0 Å². The average Bonchev–Trinajstić information content (AvgIpc) is 2.46. The van der Waals surface area contributed by atoms with Crippen LogP contribution in [0.3, 0.4) is 0 Å². The van der Waals surface area contributed by atoms with Crippen LogP contribution in [0.15, 0.2) is 18.2 Å². The first kappa shape index (κ1) is 15.9. The predicted octanol–water partition coefficient (Wildman–Crippen LogP) is 2.29. The summed E-state index contributed by atoms with van der Waals surface area (Å²) in [7, 11) is 0. The molecule has 1 aromatic rings. The molecule has 1 aliphatic heterocycles. The van der Waals surface area contributed by atoms with E-state index in [1.165, 1.54) is 0 Å². The summed E-state index contributed by atoms with van der Waals surface area (Å²) in [4.78, 5) is 2.39. The van der Waals surface area contributed by atoms with Gasteiger partial charge in [0.15, 0.2) is 5.75 Å². The highest BCUT2D eigenvalue weighted by Gasteiger charge is 2.09. The molecule has 1 N–H and O–H groups in total. The summed E-state index contributed by atoms with van der Waals surface area (Å²) in [5.41, 5.74) is 0. The van der Waals surface area contributed by atoms with Gasteiger partial charge in [-0.1, -0.05) is 29.3 Å². The van der Waals surface area contributed by atoms with Crippen LogP contribution in [0.25, 0.3) is 0 Å². The molecule has 0 bridgehead atoms. The molecule has 2 rings (SSSR count). The first-order chi connectivity index (χ1) is 9.77. The maximum Gasteiger partial charge on any atom is 0.156 e. The molecule has 112 valence electrons. The minimum absolute atomic E-state index is 0.449. The molecule has 1 fully saturated rings. The molecule has 1 heterocycles. The lowest BCUT2D eigenvalue weighted by Gasteiger charge is -2.26. The molecule has 20 heavy (non-hydrogen) atoms. The third-order valence-electron chi connectivity index (χ3n) is 3.15. The van der Waals surface area contributed by atoms with Gasteiger partial charge in [0.05, 0.1) is 23.3 Å². The Bertz CT molecular complexity index is 392. The number of hydrogen-bond donors (Lipinski definition) is 1. The van der Waals surface area contributed by atoms with Crippen LogP contribution in [0.5, 0.6) is 5.75 Å². The Morgan fingerprint density at radius 1 is 1.05 bits per heavy atom. The Labute approximate surface area is 129 Å². The second-order valence-corrected chi connectivity index (χ2v) is 5.42. The smallest absolute Gasteiger partial charge is 0.156 e. The highest BCUT2D eigenvalue weighted by atomic mass is 35.5. The fraction of sp³-hybridized carbons (Fsp3) is 0.571. The van der Waals surface area contributed by atoms with Gasteiger partial charge in [-0.15, -0.1) is 0 Å². The molecule has 0 amide bonds. The largest absolute Gasteiger partial charge is 0.488 e. The second kappa shape index (κ2) is 8.70. The molecule has 1 saturated heterocycles. The van der Waals surface area contributed by atoms with Gasteiger partial charge in [-0.25, -0.2) is 0 Å². The van der Waals surface area contributed by atoms with Crippen LogP contribution in [0.2, 0.25) is 10.0 Å². The van der Waals surface area contributed by atoms with E-state index < -0.39 is 0 Å². The van der Waals surface area contributed by atoms with Crippen molar-refractivity contribution in [1.29, 1.82) is 0 Å². The monoisotopic (exact) mass is 318 g/mol. The zero-order chi connectivity index (χ0) is 14.2. The second-order valence-electron chi connectivity index (χ2n) is 4.60. The van der Waals surface area contributed by atoms with Crippen LogP contribution in [0, 0.1) is 0 Å². The van der Waals surface area contributed by atoms with Gasteiger partial charge in [0.25, 0.3) is 0 Å². The molecule has 6 heteroatoms. The van der Waals surface area contributed by atoms with Crippen molar-refractivity contribution in [2.75, 3.05) is 52.5 Å². The van der Waals surface area contributed by atoms with E-state index in [9.17, 15) is 0 Å². The topological polar surface area (TPSA) is 33.7 Å². The number of nitrogens with one attached hydrogen (secondary N) is 1. The Morgan fingerprint density at radius 3 is 2.45 bits per heavy atom. The number of piperazine rings is 1. The van der Waals surface area contributed by atoms with Gasteiger partial charge in [-0.2, -0.15) is 0 Å². The van der Waals surface area contributed by atoms with E-state index in [2.05, 4.69) is 10.2 Å². The van der Waals surface area contributed by atoms with Crippen LogP contribution in [-0.2, 0) is 4.74 Å². The molecule has 0 radical (unpaired) electrons. The quantitative estimate of drug-likeness (QED) is 0.782. The SMILES string of the molecule is Clc1cccc(Cl)c1OCCOCCN1CCNCC1. The average molecular weight is 319 g/mol. The van der Waals surface area contributed by atoms with Crippen molar-refractivity contribution in [2.45, 2.75) is 0 Å².